The summed E-state index contributed by atoms with van der Waals surface area (Å²) in [6.07, 6.45) is 5.33. The van der Waals surface area contributed by atoms with Gasteiger partial charge < -0.3 is 9.88 Å². The molecular weight excluding hydrogens is 422 g/mol. The van der Waals surface area contributed by atoms with Gasteiger partial charge in [0.15, 0.2) is 5.13 Å². The van der Waals surface area contributed by atoms with Crippen LogP contribution in [0, 0.1) is 6.92 Å². The van der Waals surface area contributed by atoms with E-state index >= 15 is 0 Å². The number of sulfonamides is 1. The minimum atomic E-state index is -3.50. The van der Waals surface area contributed by atoms with Crippen LogP contribution in [0.3, 0.4) is 0 Å². The van der Waals surface area contributed by atoms with Gasteiger partial charge in [-0.05, 0) is 38.0 Å². The van der Waals surface area contributed by atoms with Crippen LogP contribution in [0.1, 0.15) is 36.4 Å². The third-order valence-electron chi connectivity index (χ3n) is 5.34. The van der Waals surface area contributed by atoms with Gasteiger partial charge in [-0.25, -0.2) is 18.4 Å². The van der Waals surface area contributed by atoms with Crippen LogP contribution in [0.2, 0.25) is 0 Å². The van der Waals surface area contributed by atoms with Crippen molar-refractivity contribution in [2.45, 2.75) is 43.9 Å². The summed E-state index contributed by atoms with van der Waals surface area (Å²) in [5, 5.41) is 3.39. The van der Waals surface area contributed by atoms with Gasteiger partial charge in [0.05, 0.1) is 15.9 Å². The third kappa shape index (κ3) is 4.26. The summed E-state index contributed by atoms with van der Waals surface area (Å²) >= 11 is 1.44. The molecule has 160 valence electrons. The number of hydrogen-bond donors (Lipinski definition) is 1. The number of benzene rings is 1. The molecule has 0 saturated carbocycles. The standard InChI is InChI=1S/C20H25N5O3S2/c1-14-13-21-20(29-14)23-19(26)9-8-18-22-16-12-15(6-7-17(16)24(18)2)30(27,28)25-10-4-3-5-11-25/h6-7,12-13H,3-5,8-11H2,1-2H3,(H,21,23,26). The van der Waals surface area contributed by atoms with Gasteiger partial charge in [-0.2, -0.15) is 4.31 Å². The van der Waals surface area contributed by atoms with Crippen LogP contribution in [0.4, 0.5) is 5.13 Å². The van der Waals surface area contributed by atoms with Gasteiger partial charge >= 0.3 is 0 Å². The molecule has 0 atom stereocenters. The molecule has 10 heteroatoms. The summed E-state index contributed by atoms with van der Waals surface area (Å²) in [5.41, 5.74) is 1.47. The second kappa shape index (κ2) is 8.44. The number of nitrogens with one attached hydrogen (secondary N) is 1. The largest absolute Gasteiger partial charge is 0.331 e. The molecule has 1 aliphatic heterocycles. The Morgan fingerprint density at radius 1 is 1.23 bits per heavy atom. The number of rotatable bonds is 6. The molecule has 1 saturated heterocycles. The van der Waals surface area contributed by atoms with Gasteiger partial charge in [-0.1, -0.05) is 6.42 Å². The number of piperidine rings is 1. The Morgan fingerprint density at radius 2 is 2.00 bits per heavy atom. The molecule has 30 heavy (non-hydrogen) atoms. The molecule has 0 unspecified atom stereocenters. The van der Waals surface area contributed by atoms with E-state index in [1.165, 1.54) is 11.3 Å². The highest BCUT2D eigenvalue weighted by molar-refractivity contribution is 7.89. The summed E-state index contributed by atoms with van der Waals surface area (Å²) in [6.45, 7) is 3.08. The molecule has 1 fully saturated rings. The minimum absolute atomic E-state index is 0.121. The number of carbonyl (C=O) groups is 1. The summed E-state index contributed by atoms with van der Waals surface area (Å²) < 4.78 is 29.4. The van der Waals surface area contributed by atoms with Gasteiger partial charge in [0, 0.05) is 44.1 Å². The lowest BCUT2D eigenvalue weighted by Crippen LogP contribution is -2.35. The third-order valence-corrected chi connectivity index (χ3v) is 8.06. The zero-order valence-electron chi connectivity index (χ0n) is 17.1. The van der Waals surface area contributed by atoms with E-state index in [-0.39, 0.29) is 17.2 Å². The number of aromatic nitrogens is 3. The Kier molecular flexibility index (Phi) is 5.90. The monoisotopic (exact) mass is 447 g/mol. The molecule has 8 nitrogen and oxygen atoms in total. The van der Waals surface area contributed by atoms with Crippen molar-refractivity contribution < 1.29 is 13.2 Å². The SMILES string of the molecule is Cc1cnc(NC(=O)CCc2nc3cc(S(=O)(=O)N4CCCCC4)ccc3n2C)s1. The number of imidazole rings is 1. The average molecular weight is 448 g/mol. The van der Waals surface area contributed by atoms with Crippen molar-refractivity contribution in [1.29, 1.82) is 0 Å². The molecule has 0 bridgehead atoms. The van der Waals surface area contributed by atoms with E-state index < -0.39 is 10.0 Å². The number of thiazole rings is 1. The van der Waals surface area contributed by atoms with E-state index in [4.69, 9.17) is 0 Å². The van der Waals surface area contributed by atoms with E-state index in [1.807, 2.05) is 18.5 Å². The first-order valence-electron chi connectivity index (χ1n) is 10.0. The maximum absolute atomic E-state index is 12.9. The second-order valence-corrected chi connectivity index (χ2v) is 10.7. The smallest absolute Gasteiger partial charge is 0.243 e. The van der Waals surface area contributed by atoms with Gasteiger partial charge in [0.2, 0.25) is 15.9 Å². The van der Waals surface area contributed by atoms with Gasteiger partial charge in [-0.3, -0.25) is 4.79 Å². The van der Waals surface area contributed by atoms with Crippen molar-refractivity contribution in [2.75, 3.05) is 18.4 Å². The van der Waals surface area contributed by atoms with Crippen molar-refractivity contribution in [3.63, 3.8) is 0 Å². The van der Waals surface area contributed by atoms with Gasteiger partial charge in [-0.15, -0.1) is 11.3 Å². The van der Waals surface area contributed by atoms with Crippen LogP contribution in [-0.4, -0.2) is 46.3 Å². The zero-order chi connectivity index (χ0) is 21.3. The first-order chi connectivity index (χ1) is 14.3. The van der Waals surface area contributed by atoms with Crippen molar-refractivity contribution in [3.8, 4) is 0 Å². The Labute approximate surface area is 180 Å². The summed E-state index contributed by atoms with van der Waals surface area (Å²) in [4.78, 5) is 22.3. The molecule has 1 amide bonds. The van der Waals surface area contributed by atoms with Crippen molar-refractivity contribution in [1.82, 2.24) is 18.8 Å². The minimum Gasteiger partial charge on any atom is -0.331 e. The molecule has 3 aromatic rings. The highest BCUT2D eigenvalue weighted by atomic mass is 32.2. The summed E-state index contributed by atoms with van der Waals surface area (Å²) in [7, 11) is -1.62. The summed E-state index contributed by atoms with van der Waals surface area (Å²) in [6, 6.07) is 5.08. The van der Waals surface area contributed by atoms with Gasteiger partial charge in [0.25, 0.3) is 0 Å². The fourth-order valence-corrected chi connectivity index (χ4v) is 5.91. The van der Waals surface area contributed by atoms with E-state index in [0.717, 1.165) is 35.5 Å². The van der Waals surface area contributed by atoms with Gasteiger partial charge in [0.1, 0.15) is 5.82 Å². The Balaban J connectivity index is 1.50. The highest BCUT2D eigenvalue weighted by Crippen LogP contribution is 2.25. The average Bonchev–Trinajstić information content (AvgIpc) is 3.29. The maximum atomic E-state index is 12.9. The predicted molar refractivity (Wildman–Crippen MR) is 117 cm³/mol. The normalized spacial score (nSPS) is 15.5. The summed E-state index contributed by atoms with van der Waals surface area (Å²) in [5.74, 6) is 0.618. The lowest BCUT2D eigenvalue weighted by Gasteiger charge is -2.25. The van der Waals surface area contributed by atoms with E-state index in [9.17, 15) is 13.2 Å². The van der Waals surface area contributed by atoms with E-state index in [2.05, 4.69) is 15.3 Å². The lowest BCUT2D eigenvalue weighted by atomic mass is 10.2. The van der Waals surface area contributed by atoms with Crippen LogP contribution in [0.25, 0.3) is 11.0 Å². The number of anilines is 1. The first kappa shape index (κ1) is 21.0. The van der Waals surface area contributed by atoms with Crippen LogP contribution in [0.15, 0.2) is 29.3 Å². The van der Waals surface area contributed by atoms with Crippen molar-refractivity contribution >= 4 is 43.4 Å². The fraction of sp³-hybridized carbons (Fsp3) is 0.450. The zero-order valence-corrected chi connectivity index (χ0v) is 18.7. The molecule has 4 rings (SSSR count). The van der Waals surface area contributed by atoms with Crippen LogP contribution in [-0.2, 0) is 28.3 Å². The topological polar surface area (TPSA) is 97.2 Å². The molecule has 1 aliphatic rings. The molecule has 0 spiro atoms. The number of amides is 1. The predicted octanol–water partition coefficient (Wildman–Crippen LogP) is 3.08. The quantitative estimate of drug-likeness (QED) is 0.626. The van der Waals surface area contributed by atoms with Crippen LogP contribution < -0.4 is 5.32 Å². The number of aryl methyl sites for hydroxylation is 3. The molecule has 2 aromatic heterocycles. The van der Waals surface area contributed by atoms with Crippen molar-refractivity contribution in [2.24, 2.45) is 7.05 Å². The van der Waals surface area contributed by atoms with Crippen LogP contribution in [0.5, 0.6) is 0 Å². The Morgan fingerprint density at radius 3 is 2.70 bits per heavy atom. The number of nitrogens with zero attached hydrogens (tertiary/aromatic N) is 4. The lowest BCUT2D eigenvalue weighted by molar-refractivity contribution is -0.116. The highest BCUT2D eigenvalue weighted by Gasteiger charge is 2.26. The molecule has 0 aliphatic carbocycles. The number of hydrogen-bond acceptors (Lipinski definition) is 6. The number of carbonyl (C=O) groups excluding carboxylic acids is 1. The molecule has 0 radical (unpaired) electrons. The molecule has 3 heterocycles. The second-order valence-electron chi connectivity index (χ2n) is 7.53. The molecule has 1 aromatic carbocycles. The van der Waals surface area contributed by atoms with E-state index in [0.29, 0.717) is 30.2 Å². The fourth-order valence-electron chi connectivity index (χ4n) is 3.69. The molecular formula is C20H25N5O3S2. The van der Waals surface area contributed by atoms with Crippen molar-refractivity contribution in [3.05, 3.63) is 35.1 Å². The Bertz CT molecular complexity index is 1180. The maximum Gasteiger partial charge on any atom is 0.243 e. The van der Waals surface area contributed by atoms with E-state index in [1.54, 1.807) is 28.7 Å². The first-order valence-corrected chi connectivity index (χ1v) is 12.3. The number of fused-ring (bicyclic) bond motifs is 1. The Hall–Kier alpha value is -2.30. The van der Waals surface area contributed by atoms with Crippen LogP contribution >= 0.6 is 11.3 Å². The molecule has 1 N–H and O–H groups in total.